The van der Waals surface area contributed by atoms with Crippen LogP contribution in [0, 0.1) is 0 Å². The molecule has 0 spiro atoms. The van der Waals surface area contributed by atoms with E-state index in [1.807, 2.05) is 26.0 Å². The number of benzene rings is 1. The molecule has 1 aromatic carbocycles. The van der Waals surface area contributed by atoms with Crippen LogP contribution < -0.4 is 10.5 Å². The summed E-state index contributed by atoms with van der Waals surface area (Å²) in [6.07, 6.45) is 0. The van der Waals surface area contributed by atoms with Crippen molar-refractivity contribution in [2.24, 2.45) is 0 Å². The van der Waals surface area contributed by atoms with E-state index in [0.717, 1.165) is 5.46 Å². The van der Waals surface area contributed by atoms with E-state index in [-0.39, 0.29) is 11.0 Å². The van der Waals surface area contributed by atoms with Crippen molar-refractivity contribution in [2.75, 3.05) is 12.1 Å². The molecule has 0 aromatic heterocycles. The van der Waals surface area contributed by atoms with Gasteiger partial charge in [0.2, 0.25) is 0 Å². The summed E-state index contributed by atoms with van der Waals surface area (Å²) in [5.41, 5.74) is 1.76. The SMILES string of the molecule is Bc1cccc(N(C)O[SH](=O)=O)c1.O.O. The molecule has 0 atom stereocenters. The molecule has 86 valence electrons. The van der Waals surface area contributed by atoms with E-state index < -0.39 is 11.0 Å². The molecule has 0 radical (unpaired) electrons. The fourth-order valence-electron chi connectivity index (χ4n) is 0.971. The highest BCUT2D eigenvalue weighted by molar-refractivity contribution is 7.67. The first-order chi connectivity index (χ1) is 6.09. The van der Waals surface area contributed by atoms with Crippen molar-refractivity contribution >= 4 is 30.0 Å². The maximum Gasteiger partial charge on any atom is 0.277 e. The second-order valence-electron chi connectivity index (χ2n) is 2.64. The summed E-state index contributed by atoms with van der Waals surface area (Å²) in [5, 5.41) is 1.21. The minimum absolute atomic E-state index is 0. The van der Waals surface area contributed by atoms with Gasteiger partial charge in [-0.1, -0.05) is 17.6 Å². The Bertz CT molecular complexity index is 362. The van der Waals surface area contributed by atoms with Gasteiger partial charge in [-0.05, 0) is 12.1 Å². The molecule has 0 saturated heterocycles. The van der Waals surface area contributed by atoms with E-state index in [1.54, 1.807) is 13.1 Å². The summed E-state index contributed by atoms with van der Waals surface area (Å²) in [4.78, 5) is 0. The van der Waals surface area contributed by atoms with Gasteiger partial charge in [0.1, 0.15) is 7.85 Å². The van der Waals surface area contributed by atoms with Gasteiger partial charge < -0.3 is 11.0 Å². The quantitative estimate of drug-likeness (QED) is 0.346. The number of anilines is 1. The Kier molecular flexibility index (Phi) is 7.89. The molecule has 0 fully saturated rings. The molecule has 6 nitrogen and oxygen atoms in total. The van der Waals surface area contributed by atoms with E-state index in [2.05, 4.69) is 4.28 Å². The summed E-state index contributed by atoms with van der Waals surface area (Å²) >= 11 is 0. The predicted octanol–water partition coefficient (Wildman–Crippen LogP) is -2.81. The summed E-state index contributed by atoms with van der Waals surface area (Å²) in [6, 6.07) is 7.36. The van der Waals surface area contributed by atoms with Crippen LogP contribution in [0.4, 0.5) is 5.69 Å². The van der Waals surface area contributed by atoms with Gasteiger partial charge in [-0.2, -0.15) is 4.28 Å². The molecule has 0 saturated carbocycles. The minimum Gasteiger partial charge on any atom is -0.412 e. The van der Waals surface area contributed by atoms with Crippen LogP contribution in [0.3, 0.4) is 0 Å². The smallest absolute Gasteiger partial charge is 0.277 e. The molecule has 0 aliphatic heterocycles. The first-order valence-electron chi connectivity index (χ1n) is 3.72. The Morgan fingerprint density at radius 1 is 1.33 bits per heavy atom. The van der Waals surface area contributed by atoms with Crippen molar-refractivity contribution in [1.29, 1.82) is 0 Å². The Balaban J connectivity index is 0. The summed E-state index contributed by atoms with van der Waals surface area (Å²) < 4.78 is 25.0. The van der Waals surface area contributed by atoms with E-state index in [9.17, 15) is 8.42 Å². The van der Waals surface area contributed by atoms with Crippen LogP contribution in [0.15, 0.2) is 24.3 Å². The van der Waals surface area contributed by atoms with Crippen molar-refractivity contribution in [1.82, 2.24) is 0 Å². The van der Waals surface area contributed by atoms with Gasteiger partial charge in [-0.25, -0.2) is 13.5 Å². The lowest BCUT2D eigenvalue weighted by molar-refractivity contribution is 0.320. The molecule has 15 heavy (non-hydrogen) atoms. The van der Waals surface area contributed by atoms with E-state index in [1.165, 1.54) is 5.06 Å². The van der Waals surface area contributed by atoms with Crippen molar-refractivity contribution in [2.45, 2.75) is 0 Å². The normalized spacial score (nSPS) is 8.93. The zero-order valence-electron chi connectivity index (χ0n) is 8.43. The van der Waals surface area contributed by atoms with Gasteiger partial charge in [-0.15, -0.1) is 0 Å². The summed E-state index contributed by atoms with van der Waals surface area (Å²) in [7, 11) is 0.620. The number of thiol groups is 1. The largest absolute Gasteiger partial charge is 0.412 e. The van der Waals surface area contributed by atoms with E-state index in [0.29, 0.717) is 5.69 Å². The molecule has 0 aliphatic carbocycles. The number of hydrogen-bond donors (Lipinski definition) is 1. The lowest BCUT2D eigenvalue weighted by atomic mass is 9.96. The molecule has 0 amide bonds. The number of nitrogens with zero attached hydrogens (tertiary/aromatic N) is 1. The molecule has 0 unspecified atom stereocenters. The maximum absolute atomic E-state index is 10.2. The van der Waals surface area contributed by atoms with Crippen LogP contribution in [0.1, 0.15) is 0 Å². The van der Waals surface area contributed by atoms with Gasteiger partial charge in [0.05, 0.1) is 5.69 Å². The van der Waals surface area contributed by atoms with E-state index in [4.69, 9.17) is 0 Å². The molecule has 4 N–H and O–H groups in total. The lowest BCUT2D eigenvalue weighted by Gasteiger charge is -2.14. The first-order valence-corrected chi connectivity index (χ1v) is 4.82. The zero-order valence-corrected chi connectivity index (χ0v) is 9.32. The van der Waals surface area contributed by atoms with Crippen LogP contribution in [0.2, 0.25) is 0 Å². The third-order valence-corrected chi connectivity index (χ3v) is 1.93. The second kappa shape index (κ2) is 7.24. The highest BCUT2D eigenvalue weighted by Crippen LogP contribution is 2.09. The van der Waals surface area contributed by atoms with Crippen molar-refractivity contribution in [3.8, 4) is 0 Å². The molecule has 1 aromatic rings. The maximum atomic E-state index is 10.2. The molecule has 0 heterocycles. The standard InChI is InChI=1S/C7H10BNO3S.2H2O/c1-9(12-13(10)11)7-4-2-3-6(8)5-7;;/h2-5,13H,8H2,1H3;2*1H2. The van der Waals surface area contributed by atoms with Crippen LogP contribution in [0.25, 0.3) is 0 Å². The Morgan fingerprint density at radius 3 is 2.40 bits per heavy atom. The van der Waals surface area contributed by atoms with Gasteiger partial charge in [0.25, 0.3) is 11.0 Å². The third kappa shape index (κ3) is 5.38. The average molecular weight is 235 g/mol. The van der Waals surface area contributed by atoms with Crippen LogP contribution in [-0.2, 0) is 15.3 Å². The third-order valence-electron chi connectivity index (χ3n) is 1.55. The second-order valence-corrected chi connectivity index (χ2v) is 3.25. The predicted molar refractivity (Wildman–Crippen MR) is 61.7 cm³/mol. The number of hydroxylamine groups is 1. The van der Waals surface area contributed by atoms with Gasteiger partial charge in [-0.3, -0.25) is 0 Å². The van der Waals surface area contributed by atoms with Crippen LogP contribution >= 0.6 is 0 Å². The minimum atomic E-state index is -2.85. The van der Waals surface area contributed by atoms with Crippen molar-refractivity contribution in [3.63, 3.8) is 0 Å². The van der Waals surface area contributed by atoms with Crippen molar-refractivity contribution in [3.05, 3.63) is 24.3 Å². The fourth-order valence-corrected chi connectivity index (χ4v) is 1.27. The molecular formula is C7H14BNO5S. The molecule has 0 aliphatic rings. The lowest BCUT2D eigenvalue weighted by Crippen LogP contribution is -2.18. The highest BCUT2D eigenvalue weighted by atomic mass is 32.2. The topological polar surface area (TPSA) is 110 Å². The van der Waals surface area contributed by atoms with Crippen LogP contribution in [0.5, 0.6) is 0 Å². The fraction of sp³-hybridized carbons (Fsp3) is 0.143. The molecule has 1 rings (SSSR count). The number of hydrogen-bond acceptors (Lipinski definition) is 4. The van der Waals surface area contributed by atoms with E-state index >= 15 is 0 Å². The molecule has 8 heteroatoms. The van der Waals surface area contributed by atoms with Crippen molar-refractivity contribution < 1.29 is 23.7 Å². The van der Waals surface area contributed by atoms with Gasteiger partial charge >= 0.3 is 0 Å². The zero-order chi connectivity index (χ0) is 9.84. The summed E-state index contributed by atoms with van der Waals surface area (Å²) in [5.74, 6) is 0. The molecular weight excluding hydrogens is 221 g/mol. The summed E-state index contributed by atoms with van der Waals surface area (Å²) in [6.45, 7) is 0. The molecule has 0 bridgehead atoms. The Labute approximate surface area is 90.6 Å². The van der Waals surface area contributed by atoms with Gasteiger partial charge in [0, 0.05) is 7.05 Å². The Morgan fingerprint density at radius 2 is 1.93 bits per heavy atom. The van der Waals surface area contributed by atoms with Gasteiger partial charge in [0.15, 0.2) is 0 Å². The number of rotatable bonds is 3. The average Bonchev–Trinajstić information content (AvgIpc) is 2.03. The highest BCUT2D eigenvalue weighted by Gasteiger charge is 2.01. The van der Waals surface area contributed by atoms with Crippen LogP contribution in [-0.4, -0.2) is 34.3 Å². The first kappa shape index (κ1) is 16.3. The Hall–Kier alpha value is -1.09. The monoisotopic (exact) mass is 235 g/mol.